The highest BCUT2D eigenvalue weighted by Gasteiger charge is 2.36. The first-order chi connectivity index (χ1) is 9.87. The van der Waals surface area contributed by atoms with Crippen LogP contribution >= 0.6 is 11.6 Å². The molecular formula is C13H15ClF3NO4. The van der Waals surface area contributed by atoms with Crippen LogP contribution in [0.2, 0.25) is 5.22 Å². The SMILES string of the molecule is CC(C)(C)OC(=O)CN(CC(F)(F)F)C(=O)c1ccc(Cl)o1. The van der Waals surface area contributed by atoms with Crippen molar-refractivity contribution in [2.24, 2.45) is 0 Å². The van der Waals surface area contributed by atoms with Crippen molar-refractivity contribution in [2.75, 3.05) is 13.1 Å². The molecule has 0 aromatic carbocycles. The number of halogens is 4. The fourth-order valence-electron chi connectivity index (χ4n) is 1.53. The first-order valence-electron chi connectivity index (χ1n) is 6.20. The molecule has 0 aliphatic rings. The number of ether oxygens (including phenoxy) is 1. The summed E-state index contributed by atoms with van der Waals surface area (Å²) in [5, 5.41) is -0.146. The van der Waals surface area contributed by atoms with Gasteiger partial charge in [0.2, 0.25) is 0 Å². The lowest BCUT2D eigenvalue weighted by molar-refractivity contribution is -0.161. The summed E-state index contributed by atoms with van der Waals surface area (Å²) in [5.41, 5.74) is -0.877. The molecule has 0 fully saturated rings. The largest absolute Gasteiger partial charge is 0.459 e. The summed E-state index contributed by atoms with van der Waals surface area (Å²) in [6, 6.07) is 2.34. The number of furan rings is 1. The van der Waals surface area contributed by atoms with Crippen molar-refractivity contribution in [1.29, 1.82) is 0 Å². The Morgan fingerprint density at radius 3 is 2.27 bits per heavy atom. The highest BCUT2D eigenvalue weighted by molar-refractivity contribution is 6.29. The molecule has 0 aliphatic heterocycles. The zero-order chi connectivity index (χ0) is 17.1. The summed E-state index contributed by atoms with van der Waals surface area (Å²) in [6.07, 6.45) is -4.67. The number of esters is 1. The lowest BCUT2D eigenvalue weighted by Gasteiger charge is -2.25. The zero-order valence-electron chi connectivity index (χ0n) is 12.2. The smallest absolute Gasteiger partial charge is 0.406 e. The second kappa shape index (κ2) is 6.60. The Balaban J connectivity index is 2.89. The summed E-state index contributed by atoms with van der Waals surface area (Å²) in [4.78, 5) is 24.0. The van der Waals surface area contributed by atoms with Gasteiger partial charge in [-0.05, 0) is 44.5 Å². The molecule has 0 bridgehead atoms. The second-order valence-corrected chi connectivity index (χ2v) is 5.84. The van der Waals surface area contributed by atoms with E-state index in [1.165, 1.54) is 6.07 Å². The normalized spacial score (nSPS) is 12.1. The van der Waals surface area contributed by atoms with Crippen LogP contribution in [-0.2, 0) is 9.53 Å². The summed E-state index contributed by atoms with van der Waals surface area (Å²) >= 11 is 5.48. The van der Waals surface area contributed by atoms with E-state index in [0.29, 0.717) is 4.90 Å². The third kappa shape index (κ3) is 6.38. The van der Waals surface area contributed by atoms with Gasteiger partial charge in [-0.1, -0.05) is 0 Å². The number of carbonyl (C=O) groups is 2. The van der Waals surface area contributed by atoms with Crippen LogP contribution in [0, 0.1) is 0 Å². The standard InChI is InChI=1S/C13H15ClF3NO4/c1-12(2,3)22-10(19)6-18(7-13(15,16)17)11(20)8-4-5-9(14)21-8/h4-5H,6-7H2,1-3H3. The van der Waals surface area contributed by atoms with Gasteiger partial charge in [-0.2, -0.15) is 13.2 Å². The Labute approximate surface area is 130 Å². The number of alkyl halides is 3. The molecule has 0 atom stereocenters. The number of amides is 1. The van der Waals surface area contributed by atoms with Crippen LogP contribution in [0.15, 0.2) is 16.5 Å². The van der Waals surface area contributed by atoms with Crippen LogP contribution in [0.25, 0.3) is 0 Å². The molecule has 0 N–H and O–H groups in total. The van der Waals surface area contributed by atoms with E-state index in [-0.39, 0.29) is 5.22 Å². The van der Waals surface area contributed by atoms with E-state index < -0.39 is 42.5 Å². The number of hydrogen-bond acceptors (Lipinski definition) is 4. The fraction of sp³-hybridized carbons (Fsp3) is 0.538. The third-order valence-electron chi connectivity index (χ3n) is 2.18. The average molecular weight is 342 g/mol. The van der Waals surface area contributed by atoms with Gasteiger partial charge in [0.05, 0.1) is 0 Å². The van der Waals surface area contributed by atoms with Gasteiger partial charge in [0.25, 0.3) is 5.91 Å². The molecule has 1 aromatic rings. The van der Waals surface area contributed by atoms with E-state index in [1.807, 2.05) is 0 Å². The van der Waals surface area contributed by atoms with Crippen molar-refractivity contribution in [3.63, 3.8) is 0 Å². The number of carbonyl (C=O) groups excluding carboxylic acids is 2. The van der Waals surface area contributed by atoms with Gasteiger partial charge in [-0.25, -0.2) is 0 Å². The average Bonchev–Trinajstić information content (AvgIpc) is 2.69. The molecule has 0 spiro atoms. The van der Waals surface area contributed by atoms with E-state index >= 15 is 0 Å². The van der Waals surface area contributed by atoms with E-state index in [2.05, 4.69) is 0 Å². The fourth-order valence-corrected chi connectivity index (χ4v) is 1.68. The molecule has 0 saturated carbocycles. The molecule has 1 amide bonds. The molecule has 1 heterocycles. The van der Waals surface area contributed by atoms with E-state index in [4.69, 9.17) is 20.8 Å². The molecule has 22 heavy (non-hydrogen) atoms. The molecule has 124 valence electrons. The third-order valence-corrected chi connectivity index (χ3v) is 2.38. The molecule has 9 heteroatoms. The highest BCUT2D eigenvalue weighted by atomic mass is 35.5. The maximum absolute atomic E-state index is 12.6. The number of nitrogens with zero attached hydrogens (tertiary/aromatic N) is 1. The van der Waals surface area contributed by atoms with Crippen molar-refractivity contribution in [3.8, 4) is 0 Å². The van der Waals surface area contributed by atoms with Crippen LogP contribution in [-0.4, -0.2) is 41.6 Å². The molecule has 1 rings (SSSR count). The molecule has 0 radical (unpaired) electrons. The van der Waals surface area contributed by atoms with Crippen molar-refractivity contribution in [3.05, 3.63) is 23.1 Å². The second-order valence-electron chi connectivity index (χ2n) is 5.47. The Morgan fingerprint density at radius 2 is 1.86 bits per heavy atom. The van der Waals surface area contributed by atoms with Crippen LogP contribution < -0.4 is 0 Å². The number of rotatable bonds is 4. The first-order valence-corrected chi connectivity index (χ1v) is 6.58. The summed E-state index contributed by atoms with van der Waals surface area (Å²) in [7, 11) is 0. The minimum absolute atomic E-state index is 0.146. The summed E-state index contributed by atoms with van der Waals surface area (Å²) < 4.78 is 47.4. The van der Waals surface area contributed by atoms with Gasteiger partial charge in [-0.15, -0.1) is 0 Å². The summed E-state index contributed by atoms with van der Waals surface area (Å²) in [6.45, 7) is 2.23. The monoisotopic (exact) mass is 341 g/mol. The van der Waals surface area contributed by atoms with E-state index in [0.717, 1.165) is 6.07 Å². The van der Waals surface area contributed by atoms with Gasteiger partial charge in [0.1, 0.15) is 18.7 Å². The van der Waals surface area contributed by atoms with Crippen molar-refractivity contribution >= 4 is 23.5 Å². The molecular weight excluding hydrogens is 327 g/mol. The minimum atomic E-state index is -4.67. The van der Waals surface area contributed by atoms with E-state index in [9.17, 15) is 22.8 Å². The predicted molar refractivity (Wildman–Crippen MR) is 71.5 cm³/mol. The molecule has 0 saturated heterocycles. The van der Waals surface area contributed by atoms with Crippen molar-refractivity contribution in [2.45, 2.75) is 32.5 Å². The van der Waals surface area contributed by atoms with Crippen LogP contribution in [0.1, 0.15) is 31.3 Å². The molecule has 5 nitrogen and oxygen atoms in total. The maximum Gasteiger partial charge on any atom is 0.406 e. The Kier molecular flexibility index (Phi) is 5.50. The van der Waals surface area contributed by atoms with Crippen LogP contribution in [0.3, 0.4) is 0 Å². The Bertz CT molecular complexity index is 548. The first kappa shape index (κ1) is 18.3. The van der Waals surface area contributed by atoms with Gasteiger partial charge in [0.15, 0.2) is 11.0 Å². The molecule has 0 aliphatic carbocycles. The van der Waals surface area contributed by atoms with Gasteiger partial charge in [-0.3, -0.25) is 9.59 Å². The van der Waals surface area contributed by atoms with Gasteiger partial charge < -0.3 is 14.1 Å². The van der Waals surface area contributed by atoms with Gasteiger partial charge >= 0.3 is 12.1 Å². The predicted octanol–water partition coefficient (Wildman–Crippen LogP) is 3.28. The lowest BCUT2D eigenvalue weighted by Crippen LogP contribution is -2.43. The van der Waals surface area contributed by atoms with E-state index in [1.54, 1.807) is 20.8 Å². The Morgan fingerprint density at radius 1 is 1.27 bits per heavy atom. The lowest BCUT2D eigenvalue weighted by atomic mass is 10.2. The quantitative estimate of drug-likeness (QED) is 0.789. The van der Waals surface area contributed by atoms with Crippen LogP contribution in [0.5, 0.6) is 0 Å². The Hall–Kier alpha value is -1.70. The minimum Gasteiger partial charge on any atom is -0.459 e. The topological polar surface area (TPSA) is 59.8 Å². The van der Waals surface area contributed by atoms with Crippen LogP contribution in [0.4, 0.5) is 13.2 Å². The summed E-state index contributed by atoms with van der Waals surface area (Å²) in [5.74, 6) is -2.45. The molecule has 0 unspecified atom stereocenters. The van der Waals surface area contributed by atoms with Crippen molar-refractivity contribution in [1.82, 2.24) is 4.90 Å². The van der Waals surface area contributed by atoms with Crippen molar-refractivity contribution < 1.29 is 31.9 Å². The zero-order valence-corrected chi connectivity index (χ0v) is 12.9. The molecule has 1 aromatic heterocycles. The number of hydrogen-bond donors (Lipinski definition) is 0. The maximum atomic E-state index is 12.6. The highest BCUT2D eigenvalue weighted by Crippen LogP contribution is 2.20. The van der Waals surface area contributed by atoms with Gasteiger partial charge in [0, 0.05) is 0 Å².